The molecule has 5 heteroatoms. The smallest absolute Gasteiger partial charge is 0.323 e. The Morgan fingerprint density at radius 3 is 2.33 bits per heavy atom. The molecule has 2 aromatic rings. The zero-order valence-corrected chi connectivity index (χ0v) is 13.2. The Morgan fingerprint density at radius 1 is 1.00 bits per heavy atom. The lowest BCUT2D eigenvalue weighted by atomic mass is 9.89. The maximum Gasteiger partial charge on any atom is 0.323 e. The van der Waals surface area contributed by atoms with Crippen LogP contribution in [-0.4, -0.2) is 10.8 Å². The van der Waals surface area contributed by atoms with E-state index in [0.29, 0.717) is 5.75 Å². The van der Waals surface area contributed by atoms with E-state index in [1.807, 2.05) is 0 Å². The number of ether oxygens (including phenoxy) is 1. The van der Waals surface area contributed by atoms with Gasteiger partial charge in [-0.15, -0.1) is 0 Å². The second kappa shape index (κ2) is 6.84. The molecule has 24 heavy (non-hydrogen) atoms. The highest BCUT2D eigenvalue weighted by Gasteiger charge is 2.29. The number of hydrogen-bond donors (Lipinski definition) is 0. The lowest BCUT2D eigenvalue weighted by Crippen LogP contribution is -2.28. The van der Waals surface area contributed by atoms with Gasteiger partial charge in [0.2, 0.25) is 0 Å². The van der Waals surface area contributed by atoms with Crippen LogP contribution in [0.2, 0.25) is 0 Å². The summed E-state index contributed by atoms with van der Waals surface area (Å²) in [6.07, 6.45) is 4.60. The summed E-state index contributed by atoms with van der Waals surface area (Å²) >= 11 is 5.29. The van der Waals surface area contributed by atoms with Crippen molar-refractivity contribution in [2.75, 3.05) is 0 Å². The Balaban J connectivity index is 1.87. The Bertz CT molecular complexity index is 837. The molecule has 0 spiro atoms. The minimum absolute atomic E-state index is 0.127. The molecule has 0 bridgehead atoms. The third kappa shape index (κ3) is 3.16. The van der Waals surface area contributed by atoms with Gasteiger partial charge in [-0.1, -0.05) is 54.7 Å². The van der Waals surface area contributed by atoms with Gasteiger partial charge in [0, 0.05) is 10.4 Å². The van der Waals surface area contributed by atoms with Gasteiger partial charge in [0.05, 0.1) is 5.56 Å². The molecular weight excluding hydrogens is 330 g/mol. The van der Waals surface area contributed by atoms with Crippen molar-refractivity contribution in [1.29, 1.82) is 0 Å². The van der Waals surface area contributed by atoms with Gasteiger partial charge in [-0.2, -0.15) is 0 Å². The van der Waals surface area contributed by atoms with Gasteiger partial charge in [-0.3, -0.25) is 4.79 Å². The molecule has 0 heterocycles. The number of thiocarbonyl (C=S) groups is 1. The molecule has 1 aliphatic carbocycles. The molecule has 0 aliphatic heterocycles. The first-order valence-electron chi connectivity index (χ1n) is 7.22. The molecule has 2 aromatic carbocycles. The van der Waals surface area contributed by atoms with Crippen molar-refractivity contribution >= 4 is 28.6 Å². The highest BCUT2D eigenvalue weighted by Crippen LogP contribution is 2.30. The molecule has 3 rings (SSSR count). The zero-order chi connectivity index (χ0) is 17.1. The van der Waals surface area contributed by atoms with Crippen molar-refractivity contribution in [3.05, 3.63) is 84.0 Å². The quantitative estimate of drug-likeness (QED) is 0.466. The number of hydrogen-bond acceptors (Lipinski definition) is 3. The number of para-hydroxylation sites is 1. The second-order valence-corrected chi connectivity index (χ2v) is 5.58. The van der Waals surface area contributed by atoms with Gasteiger partial charge < -0.3 is 4.74 Å². The number of esters is 1. The molecular formula is C19H12F2O2S. The van der Waals surface area contributed by atoms with Crippen LogP contribution in [-0.2, 0) is 4.79 Å². The van der Waals surface area contributed by atoms with Crippen molar-refractivity contribution in [3.63, 3.8) is 0 Å². The minimum Gasteiger partial charge on any atom is -0.426 e. The molecule has 0 N–H and O–H groups in total. The summed E-state index contributed by atoms with van der Waals surface area (Å²) < 4.78 is 33.3. The molecule has 1 unspecified atom stereocenters. The van der Waals surface area contributed by atoms with E-state index in [1.165, 1.54) is 12.1 Å². The van der Waals surface area contributed by atoms with Gasteiger partial charge in [0.1, 0.15) is 23.3 Å². The van der Waals surface area contributed by atoms with Crippen molar-refractivity contribution in [1.82, 2.24) is 0 Å². The molecule has 0 radical (unpaired) electrons. The number of carbonyl (C=O) groups is 1. The normalized spacial score (nSPS) is 16.7. The summed E-state index contributed by atoms with van der Waals surface area (Å²) in [4.78, 5) is 12.5. The van der Waals surface area contributed by atoms with E-state index in [0.717, 1.165) is 12.1 Å². The van der Waals surface area contributed by atoms with Crippen LogP contribution in [0.4, 0.5) is 8.78 Å². The molecule has 0 aromatic heterocycles. The summed E-state index contributed by atoms with van der Waals surface area (Å²) in [6, 6.07) is 12.1. The maximum atomic E-state index is 14.0. The third-order valence-electron chi connectivity index (χ3n) is 3.56. The molecule has 1 aliphatic rings. The fourth-order valence-electron chi connectivity index (χ4n) is 2.42. The first kappa shape index (κ1) is 16.2. The van der Waals surface area contributed by atoms with Crippen LogP contribution in [0.1, 0.15) is 5.56 Å². The van der Waals surface area contributed by atoms with Crippen LogP contribution >= 0.6 is 12.2 Å². The van der Waals surface area contributed by atoms with E-state index in [2.05, 4.69) is 0 Å². The van der Waals surface area contributed by atoms with Crippen molar-refractivity contribution in [3.8, 4) is 5.75 Å². The van der Waals surface area contributed by atoms with Crippen molar-refractivity contribution in [2.24, 2.45) is 5.92 Å². The topological polar surface area (TPSA) is 26.3 Å². The lowest BCUT2D eigenvalue weighted by Gasteiger charge is -2.20. The third-order valence-corrected chi connectivity index (χ3v) is 4.04. The second-order valence-electron chi connectivity index (χ2n) is 5.14. The van der Waals surface area contributed by atoms with E-state index in [4.69, 9.17) is 17.0 Å². The average Bonchev–Trinajstić information content (AvgIpc) is 2.57. The van der Waals surface area contributed by atoms with Crippen LogP contribution in [0.15, 0.2) is 66.8 Å². The number of allylic oxidation sites excluding steroid dienone is 3. The lowest BCUT2D eigenvalue weighted by molar-refractivity contribution is -0.135. The van der Waals surface area contributed by atoms with Gasteiger partial charge in [0.15, 0.2) is 0 Å². The number of rotatable bonds is 3. The largest absolute Gasteiger partial charge is 0.426 e. The van der Waals surface area contributed by atoms with Crippen LogP contribution < -0.4 is 4.74 Å². The molecule has 120 valence electrons. The van der Waals surface area contributed by atoms with Gasteiger partial charge in [-0.05, 0) is 24.3 Å². The SMILES string of the molecule is O=C(Oc1ccccc1)C1C=CC=C(c2c(F)cccc2F)C1=S. The number of carbonyl (C=O) groups excluding carboxylic acids is 1. The highest BCUT2D eigenvalue weighted by molar-refractivity contribution is 7.81. The summed E-state index contributed by atoms with van der Waals surface area (Å²) in [5.41, 5.74) is -0.0533. The summed E-state index contributed by atoms with van der Waals surface area (Å²) in [5, 5.41) is 0. The van der Waals surface area contributed by atoms with Gasteiger partial charge in [-0.25, -0.2) is 8.78 Å². The van der Waals surface area contributed by atoms with E-state index in [1.54, 1.807) is 42.5 Å². The van der Waals surface area contributed by atoms with Crippen LogP contribution in [0, 0.1) is 17.6 Å². The predicted molar refractivity (Wildman–Crippen MR) is 91.6 cm³/mol. The zero-order valence-electron chi connectivity index (χ0n) is 12.4. The van der Waals surface area contributed by atoms with Crippen LogP contribution in [0.5, 0.6) is 5.75 Å². The summed E-state index contributed by atoms with van der Waals surface area (Å²) in [6.45, 7) is 0. The Kier molecular flexibility index (Phi) is 4.62. The molecule has 1 atom stereocenters. The van der Waals surface area contributed by atoms with E-state index < -0.39 is 23.5 Å². The highest BCUT2D eigenvalue weighted by atomic mass is 32.1. The predicted octanol–water partition coefficient (Wildman–Crippen LogP) is 4.51. The minimum atomic E-state index is -0.876. The first-order valence-corrected chi connectivity index (χ1v) is 7.62. The van der Waals surface area contributed by atoms with Gasteiger partial charge in [0.25, 0.3) is 0 Å². The Morgan fingerprint density at radius 2 is 1.67 bits per heavy atom. The maximum absolute atomic E-state index is 14.0. The Labute approximate surface area is 143 Å². The van der Waals surface area contributed by atoms with Crippen LogP contribution in [0.3, 0.4) is 0 Å². The average molecular weight is 342 g/mol. The number of halogens is 2. The fourth-order valence-corrected chi connectivity index (χ4v) is 2.76. The van der Waals surface area contributed by atoms with Gasteiger partial charge >= 0.3 is 5.97 Å². The molecule has 0 fully saturated rings. The monoisotopic (exact) mass is 342 g/mol. The van der Waals surface area contributed by atoms with Crippen molar-refractivity contribution < 1.29 is 18.3 Å². The van der Waals surface area contributed by atoms with E-state index in [9.17, 15) is 13.6 Å². The molecule has 0 saturated carbocycles. The van der Waals surface area contributed by atoms with Crippen LogP contribution in [0.25, 0.3) is 5.57 Å². The van der Waals surface area contributed by atoms with E-state index >= 15 is 0 Å². The molecule has 0 saturated heterocycles. The standard InChI is InChI=1S/C19H12F2O2S/c20-15-10-5-11-16(21)17(15)13-8-4-9-14(18(13)24)19(22)23-12-6-2-1-3-7-12/h1-11,14H. The molecule has 2 nitrogen and oxygen atoms in total. The number of benzene rings is 2. The Hall–Kier alpha value is -2.66. The fraction of sp³-hybridized carbons (Fsp3) is 0.0526. The summed E-state index contributed by atoms with van der Waals surface area (Å²) in [5.74, 6) is -2.54. The molecule has 0 amide bonds. The van der Waals surface area contributed by atoms with Crippen molar-refractivity contribution in [2.45, 2.75) is 0 Å². The first-order chi connectivity index (χ1) is 11.6. The summed E-state index contributed by atoms with van der Waals surface area (Å²) in [7, 11) is 0. The van der Waals surface area contributed by atoms with E-state index in [-0.39, 0.29) is 16.0 Å².